The summed E-state index contributed by atoms with van der Waals surface area (Å²) in [7, 11) is -3.96. The number of nitrogens with zero attached hydrogens (tertiary/aromatic N) is 1. The first-order chi connectivity index (χ1) is 9.24. The number of nitrogens with two attached hydrogens (primary N) is 2. The van der Waals surface area contributed by atoms with Crippen molar-refractivity contribution in [1.29, 1.82) is 0 Å². The van der Waals surface area contributed by atoms with Crippen LogP contribution in [0.1, 0.15) is 0 Å². The fourth-order valence-electron chi connectivity index (χ4n) is 1.30. The number of primary amides is 1. The van der Waals surface area contributed by atoms with Crippen molar-refractivity contribution < 1.29 is 22.9 Å². The second kappa shape index (κ2) is 6.16. The highest BCUT2D eigenvalue weighted by Crippen LogP contribution is 2.23. The van der Waals surface area contributed by atoms with E-state index >= 15 is 0 Å². The van der Waals surface area contributed by atoms with E-state index < -0.39 is 21.0 Å². The van der Waals surface area contributed by atoms with E-state index in [1.165, 1.54) is 0 Å². The third-order valence-corrected chi connectivity index (χ3v) is 3.67. The number of sulfonamides is 1. The molecule has 0 spiro atoms. The first-order valence-corrected chi connectivity index (χ1v) is 6.68. The largest absolute Gasteiger partial charge is 0.448 e. The van der Waals surface area contributed by atoms with Crippen LogP contribution in [-0.2, 0) is 14.8 Å². The van der Waals surface area contributed by atoms with E-state index in [0.29, 0.717) is 0 Å². The molecular formula is C9H12N4O6S. The lowest BCUT2D eigenvalue weighted by molar-refractivity contribution is -0.384. The van der Waals surface area contributed by atoms with Crippen molar-refractivity contribution in [2.75, 3.05) is 18.9 Å². The molecule has 0 saturated carbocycles. The zero-order valence-electron chi connectivity index (χ0n) is 10.1. The van der Waals surface area contributed by atoms with E-state index in [-0.39, 0.29) is 29.4 Å². The van der Waals surface area contributed by atoms with Gasteiger partial charge in [0.25, 0.3) is 5.69 Å². The zero-order valence-corrected chi connectivity index (χ0v) is 10.9. The third kappa shape index (κ3) is 4.07. The van der Waals surface area contributed by atoms with Gasteiger partial charge in [-0.3, -0.25) is 10.1 Å². The molecule has 1 aromatic rings. The van der Waals surface area contributed by atoms with Crippen molar-refractivity contribution >= 4 is 27.5 Å². The minimum absolute atomic E-state index is 0.207. The Kier molecular flexibility index (Phi) is 4.83. The van der Waals surface area contributed by atoms with Crippen molar-refractivity contribution in [3.63, 3.8) is 0 Å². The number of non-ortho nitro benzene ring substituents is 1. The lowest BCUT2D eigenvalue weighted by atomic mass is 10.3. The minimum atomic E-state index is -3.96. The number of ether oxygens (including phenoxy) is 1. The van der Waals surface area contributed by atoms with E-state index in [1.807, 2.05) is 0 Å². The molecular weight excluding hydrogens is 292 g/mol. The Balaban J connectivity index is 2.82. The number of benzene rings is 1. The van der Waals surface area contributed by atoms with Crippen LogP contribution < -0.4 is 16.2 Å². The Hall–Kier alpha value is -2.40. The predicted octanol–water partition coefficient (Wildman–Crippen LogP) is -0.449. The average Bonchev–Trinajstić information content (AvgIpc) is 2.34. The van der Waals surface area contributed by atoms with Gasteiger partial charge >= 0.3 is 6.09 Å². The summed E-state index contributed by atoms with van der Waals surface area (Å²) in [5.41, 5.74) is 9.59. The van der Waals surface area contributed by atoms with Crippen LogP contribution in [0.3, 0.4) is 0 Å². The molecule has 11 heteroatoms. The highest BCUT2D eigenvalue weighted by atomic mass is 32.2. The molecule has 0 saturated heterocycles. The Morgan fingerprint density at radius 3 is 2.60 bits per heavy atom. The zero-order chi connectivity index (χ0) is 15.3. The number of nitrogen functional groups attached to an aromatic ring is 1. The number of carbonyl (C=O) groups excluding carboxylic acids is 1. The summed E-state index contributed by atoms with van der Waals surface area (Å²) in [4.78, 5) is 19.8. The van der Waals surface area contributed by atoms with E-state index in [2.05, 4.69) is 9.46 Å². The molecule has 1 rings (SSSR count). The molecule has 0 aliphatic heterocycles. The molecule has 0 fully saturated rings. The van der Waals surface area contributed by atoms with Crippen LogP contribution in [0.4, 0.5) is 16.2 Å². The molecule has 10 nitrogen and oxygen atoms in total. The topological polar surface area (TPSA) is 168 Å². The number of anilines is 1. The van der Waals surface area contributed by atoms with Gasteiger partial charge in [0.1, 0.15) is 11.5 Å². The highest BCUT2D eigenvalue weighted by molar-refractivity contribution is 7.89. The van der Waals surface area contributed by atoms with E-state index in [9.17, 15) is 23.3 Å². The van der Waals surface area contributed by atoms with Gasteiger partial charge in [0.05, 0.1) is 10.6 Å². The van der Waals surface area contributed by atoms with Gasteiger partial charge in [-0.05, 0) is 6.07 Å². The summed E-state index contributed by atoms with van der Waals surface area (Å²) in [5.74, 6) is 0. The van der Waals surface area contributed by atoms with E-state index in [1.54, 1.807) is 0 Å². The molecule has 20 heavy (non-hydrogen) atoms. The number of nitrogens with one attached hydrogen (secondary N) is 1. The molecule has 0 atom stereocenters. The average molecular weight is 304 g/mol. The second-order valence-electron chi connectivity index (χ2n) is 3.54. The van der Waals surface area contributed by atoms with Gasteiger partial charge in [-0.2, -0.15) is 0 Å². The van der Waals surface area contributed by atoms with Gasteiger partial charge in [-0.15, -0.1) is 0 Å². The summed E-state index contributed by atoms with van der Waals surface area (Å²) < 4.78 is 30.1. The lowest BCUT2D eigenvalue weighted by Gasteiger charge is -2.08. The van der Waals surface area contributed by atoms with Gasteiger partial charge < -0.3 is 16.2 Å². The summed E-state index contributed by atoms with van der Waals surface area (Å²) in [6.45, 7) is -0.455. The van der Waals surface area contributed by atoms with Crippen molar-refractivity contribution in [3.05, 3.63) is 28.3 Å². The van der Waals surface area contributed by atoms with Crippen LogP contribution >= 0.6 is 0 Å². The number of carbonyl (C=O) groups is 1. The molecule has 1 amide bonds. The quantitative estimate of drug-likeness (QED) is 0.277. The first-order valence-electron chi connectivity index (χ1n) is 5.20. The molecule has 0 heterocycles. The molecule has 110 valence electrons. The van der Waals surface area contributed by atoms with E-state index in [4.69, 9.17) is 11.5 Å². The molecule has 0 bridgehead atoms. The van der Waals surface area contributed by atoms with Crippen molar-refractivity contribution in [3.8, 4) is 0 Å². The summed E-state index contributed by atoms with van der Waals surface area (Å²) >= 11 is 0. The van der Waals surface area contributed by atoms with Gasteiger partial charge in [0.2, 0.25) is 10.0 Å². The molecule has 0 aliphatic carbocycles. The minimum Gasteiger partial charge on any atom is -0.448 e. The van der Waals surface area contributed by atoms with Crippen molar-refractivity contribution in [1.82, 2.24) is 4.72 Å². The van der Waals surface area contributed by atoms with E-state index in [0.717, 1.165) is 18.2 Å². The lowest BCUT2D eigenvalue weighted by Crippen LogP contribution is -2.29. The standard InChI is InChI=1S/C9H12N4O6S/c10-7-5-6(13(15)16)1-2-8(7)20(17,18)12-3-4-19-9(11)14/h1-2,5,12H,3-4,10H2,(H2,11,14). The molecule has 0 aromatic heterocycles. The molecule has 0 aliphatic rings. The normalized spacial score (nSPS) is 11.0. The van der Waals surface area contributed by atoms with Crippen LogP contribution in [0.5, 0.6) is 0 Å². The maximum Gasteiger partial charge on any atom is 0.404 e. The summed E-state index contributed by atoms with van der Waals surface area (Å²) in [6.07, 6.45) is -1.03. The van der Waals surface area contributed by atoms with Crippen LogP contribution in [0, 0.1) is 10.1 Å². The maximum atomic E-state index is 11.8. The summed E-state index contributed by atoms with van der Waals surface area (Å²) in [5, 5.41) is 10.5. The molecule has 5 N–H and O–H groups in total. The van der Waals surface area contributed by atoms with Crippen molar-refractivity contribution in [2.45, 2.75) is 4.90 Å². The Morgan fingerprint density at radius 1 is 1.45 bits per heavy atom. The Bertz CT molecular complexity index is 629. The number of rotatable bonds is 6. The molecule has 0 unspecified atom stereocenters. The smallest absolute Gasteiger partial charge is 0.404 e. The van der Waals surface area contributed by atoms with Crippen LogP contribution in [0.25, 0.3) is 0 Å². The van der Waals surface area contributed by atoms with Gasteiger partial charge in [-0.1, -0.05) is 0 Å². The SMILES string of the molecule is NC(=O)OCCNS(=O)(=O)c1ccc([N+](=O)[O-])cc1N. The van der Waals surface area contributed by atoms with Crippen LogP contribution in [0.2, 0.25) is 0 Å². The Morgan fingerprint density at radius 2 is 2.10 bits per heavy atom. The number of amides is 1. The number of hydrogen-bond acceptors (Lipinski definition) is 7. The van der Waals surface area contributed by atoms with Gasteiger partial charge in [0.15, 0.2) is 0 Å². The second-order valence-corrected chi connectivity index (χ2v) is 5.28. The van der Waals surface area contributed by atoms with Crippen LogP contribution in [-0.4, -0.2) is 32.6 Å². The van der Waals surface area contributed by atoms with Crippen LogP contribution in [0.15, 0.2) is 23.1 Å². The fraction of sp³-hybridized carbons (Fsp3) is 0.222. The number of nitro groups is 1. The van der Waals surface area contributed by atoms with Crippen molar-refractivity contribution in [2.24, 2.45) is 5.73 Å². The Labute approximate surface area is 113 Å². The molecule has 1 aromatic carbocycles. The number of hydrogen-bond donors (Lipinski definition) is 3. The first kappa shape index (κ1) is 15.7. The number of nitro benzene ring substituents is 1. The monoisotopic (exact) mass is 304 g/mol. The van der Waals surface area contributed by atoms with Gasteiger partial charge in [-0.25, -0.2) is 17.9 Å². The maximum absolute atomic E-state index is 11.8. The fourth-order valence-corrected chi connectivity index (χ4v) is 2.42. The summed E-state index contributed by atoms with van der Waals surface area (Å²) in [6, 6.07) is 2.98. The predicted molar refractivity (Wildman–Crippen MR) is 68.2 cm³/mol. The molecule has 0 radical (unpaired) electrons. The van der Waals surface area contributed by atoms with Gasteiger partial charge in [0, 0.05) is 18.7 Å². The highest BCUT2D eigenvalue weighted by Gasteiger charge is 2.19. The third-order valence-electron chi connectivity index (χ3n) is 2.13.